The van der Waals surface area contributed by atoms with Crippen molar-refractivity contribution in [1.29, 1.82) is 0 Å². The van der Waals surface area contributed by atoms with E-state index in [1.54, 1.807) is 10.9 Å². The predicted octanol–water partition coefficient (Wildman–Crippen LogP) is 3.44. The summed E-state index contributed by atoms with van der Waals surface area (Å²) in [6.07, 6.45) is 5.01. The molecule has 2 aromatic carbocycles. The van der Waals surface area contributed by atoms with Gasteiger partial charge in [0.05, 0.1) is 23.3 Å². The van der Waals surface area contributed by atoms with Gasteiger partial charge in [-0.2, -0.15) is 0 Å². The molecule has 1 fully saturated rings. The standard InChI is InChI=1S/C25H30N4O2/c1-19-9-7-12-21-24(19)27-18-29(25(21)31)16-8-13-23(30)26-17-22(28-14-5-6-15-28)20-10-3-2-4-11-20/h2-4,7,9-12,18,22H,5-6,8,13-17H2,1H3,(H,26,30)/t22-/m0/s1. The second-order valence-corrected chi connectivity index (χ2v) is 8.29. The second-order valence-electron chi connectivity index (χ2n) is 8.29. The molecular weight excluding hydrogens is 388 g/mol. The molecule has 0 radical (unpaired) electrons. The summed E-state index contributed by atoms with van der Waals surface area (Å²) >= 11 is 0. The largest absolute Gasteiger partial charge is 0.354 e. The molecule has 6 nitrogen and oxygen atoms in total. The van der Waals surface area contributed by atoms with Crippen LogP contribution >= 0.6 is 0 Å². The Balaban J connectivity index is 1.32. The predicted molar refractivity (Wildman–Crippen MR) is 123 cm³/mol. The molecule has 31 heavy (non-hydrogen) atoms. The van der Waals surface area contributed by atoms with Crippen molar-refractivity contribution in [2.24, 2.45) is 0 Å². The maximum atomic E-state index is 12.7. The fourth-order valence-electron chi connectivity index (χ4n) is 4.39. The van der Waals surface area contributed by atoms with Crippen LogP contribution in [0, 0.1) is 6.92 Å². The van der Waals surface area contributed by atoms with E-state index in [9.17, 15) is 9.59 Å². The lowest BCUT2D eigenvalue weighted by atomic mass is 10.1. The van der Waals surface area contributed by atoms with E-state index in [4.69, 9.17) is 0 Å². The number of rotatable bonds is 8. The summed E-state index contributed by atoms with van der Waals surface area (Å²) in [6, 6.07) is 16.2. The molecular formula is C25H30N4O2. The van der Waals surface area contributed by atoms with E-state index in [0.29, 0.717) is 31.3 Å². The molecule has 162 valence electrons. The zero-order valence-electron chi connectivity index (χ0n) is 18.1. The molecule has 1 aromatic heterocycles. The summed E-state index contributed by atoms with van der Waals surface area (Å²) in [5.74, 6) is 0.0257. The number of carbonyl (C=O) groups excluding carboxylic acids is 1. The maximum Gasteiger partial charge on any atom is 0.261 e. The van der Waals surface area contributed by atoms with Crippen LogP contribution in [0.2, 0.25) is 0 Å². The van der Waals surface area contributed by atoms with Gasteiger partial charge >= 0.3 is 0 Å². The molecule has 4 rings (SSSR count). The molecule has 2 heterocycles. The minimum atomic E-state index is -0.0488. The Morgan fingerprint density at radius 3 is 2.65 bits per heavy atom. The number of likely N-dealkylation sites (tertiary alicyclic amines) is 1. The molecule has 1 amide bonds. The molecule has 1 aliphatic rings. The number of amides is 1. The first-order valence-electron chi connectivity index (χ1n) is 11.1. The van der Waals surface area contributed by atoms with Crippen LogP contribution in [0.1, 0.15) is 42.9 Å². The summed E-state index contributed by atoms with van der Waals surface area (Å²) in [5, 5.41) is 3.74. The monoisotopic (exact) mass is 418 g/mol. The van der Waals surface area contributed by atoms with Gasteiger partial charge in [-0.05, 0) is 56.5 Å². The Morgan fingerprint density at radius 2 is 1.87 bits per heavy atom. The third-order valence-corrected chi connectivity index (χ3v) is 6.12. The third kappa shape index (κ3) is 5.02. The highest BCUT2D eigenvalue weighted by Gasteiger charge is 2.23. The summed E-state index contributed by atoms with van der Waals surface area (Å²) < 4.78 is 1.60. The van der Waals surface area contributed by atoms with Gasteiger partial charge in [-0.1, -0.05) is 42.5 Å². The number of nitrogens with one attached hydrogen (secondary N) is 1. The van der Waals surface area contributed by atoms with Crippen molar-refractivity contribution in [2.75, 3.05) is 19.6 Å². The van der Waals surface area contributed by atoms with E-state index >= 15 is 0 Å². The van der Waals surface area contributed by atoms with Crippen LogP contribution in [-0.2, 0) is 11.3 Å². The normalized spacial score (nSPS) is 15.3. The van der Waals surface area contributed by atoms with Gasteiger partial charge in [-0.3, -0.25) is 19.1 Å². The van der Waals surface area contributed by atoms with E-state index in [1.165, 1.54) is 18.4 Å². The van der Waals surface area contributed by atoms with Crippen molar-refractivity contribution in [3.8, 4) is 0 Å². The van der Waals surface area contributed by atoms with E-state index < -0.39 is 0 Å². The number of benzene rings is 2. The number of para-hydroxylation sites is 1. The summed E-state index contributed by atoms with van der Waals surface area (Å²) in [7, 11) is 0. The SMILES string of the molecule is Cc1cccc2c(=O)n(CCCC(=O)NC[C@@H](c3ccccc3)N3CCCC3)cnc12. The van der Waals surface area contributed by atoms with Crippen molar-refractivity contribution >= 4 is 16.8 Å². The summed E-state index contributed by atoms with van der Waals surface area (Å²) in [4.78, 5) is 32.1. The number of aromatic nitrogens is 2. The van der Waals surface area contributed by atoms with Gasteiger partial charge in [0.15, 0.2) is 0 Å². The number of hydrogen-bond acceptors (Lipinski definition) is 4. The average molecular weight is 419 g/mol. The number of nitrogens with zero attached hydrogens (tertiary/aromatic N) is 3. The number of aryl methyl sites for hydroxylation is 2. The van der Waals surface area contributed by atoms with E-state index in [1.807, 2.05) is 31.2 Å². The lowest BCUT2D eigenvalue weighted by Gasteiger charge is -2.28. The lowest BCUT2D eigenvalue weighted by molar-refractivity contribution is -0.121. The van der Waals surface area contributed by atoms with Gasteiger partial charge in [0.2, 0.25) is 5.91 Å². The first kappa shape index (κ1) is 21.2. The minimum Gasteiger partial charge on any atom is -0.354 e. The van der Waals surface area contributed by atoms with Gasteiger partial charge < -0.3 is 5.32 Å². The lowest BCUT2D eigenvalue weighted by Crippen LogP contribution is -2.36. The van der Waals surface area contributed by atoms with Crippen molar-refractivity contribution in [3.05, 3.63) is 76.3 Å². The molecule has 0 spiro atoms. The van der Waals surface area contributed by atoms with E-state index in [-0.39, 0.29) is 17.5 Å². The highest BCUT2D eigenvalue weighted by atomic mass is 16.1. The van der Waals surface area contributed by atoms with Crippen molar-refractivity contribution in [1.82, 2.24) is 19.8 Å². The van der Waals surface area contributed by atoms with Crippen LogP contribution in [0.15, 0.2) is 59.7 Å². The molecule has 0 unspecified atom stereocenters. The molecule has 1 aliphatic heterocycles. The second kappa shape index (κ2) is 9.88. The smallest absolute Gasteiger partial charge is 0.261 e. The van der Waals surface area contributed by atoms with Gasteiger partial charge in [-0.25, -0.2) is 4.98 Å². The highest BCUT2D eigenvalue weighted by Crippen LogP contribution is 2.24. The highest BCUT2D eigenvalue weighted by molar-refractivity contribution is 5.80. The van der Waals surface area contributed by atoms with Gasteiger partial charge in [0.25, 0.3) is 5.56 Å². The van der Waals surface area contributed by atoms with Crippen molar-refractivity contribution in [3.63, 3.8) is 0 Å². The molecule has 6 heteroatoms. The van der Waals surface area contributed by atoms with Crippen LogP contribution in [0.5, 0.6) is 0 Å². The van der Waals surface area contributed by atoms with Crippen LogP contribution in [0.25, 0.3) is 10.9 Å². The van der Waals surface area contributed by atoms with Crippen LogP contribution in [0.3, 0.4) is 0 Å². The minimum absolute atomic E-state index is 0.0257. The molecule has 0 bridgehead atoms. The maximum absolute atomic E-state index is 12.7. The average Bonchev–Trinajstić information content (AvgIpc) is 3.31. The van der Waals surface area contributed by atoms with Gasteiger partial charge in [0.1, 0.15) is 0 Å². The van der Waals surface area contributed by atoms with Crippen LogP contribution < -0.4 is 10.9 Å². The molecule has 1 atom stereocenters. The fourth-order valence-corrected chi connectivity index (χ4v) is 4.39. The quantitative estimate of drug-likeness (QED) is 0.609. The first-order valence-corrected chi connectivity index (χ1v) is 11.1. The molecule has 1 N–H and O–H groups in total. The topological polar surface area (TPSA) is 67.2 Å². The number of fused-ring (bicyclic) bond motifs is 1. The van der Waals surface area contributed by atoms with Gasteiger partial charge in [-0.15, -0.1) is 0 Å². The molecule has 0 saturated carbocycles. The zero-order valence-corrected chi connectivity index (χ0v) is 18.1. The molecule has 3 aromatic rings. The summed E-state index contributed by atoms with van der Waals surface area (Å²) in [6.45, 7) is 5.20. The Hall–Kier alpha value is -2.99. The Bertz CT molecular complexity index is 1090. The molecule has 0 aliphatic carbocycles. The Kier molecular flexibility index (Phi) is 6.77. The van der Waals surface area contributed by atoms with E-state index in [2.05, 4.69) is 39.5 Å². The fraction of sp³-hybridized carbons (Fsp3) is 0.400. The van der Waals surface area contributed by atoms with E-state index in [0.717, 1.165) is 24.2 Å². The van der Waals surface area contributed by atoms with Gasteiger partial charge in [0, 0.05) is 19.5 Å². The zero-order chi connectivity index (χ0) is 21.6. The Morgan fingerprint density at radius 1 is 1.10 bits per heavy atom. The summed E-state index contributed by atoms with van der Waals surface area (Å²) in [5.41, 5.74) is 2.93. The Labute approximate surface area is 182 Å². The third-order valence-electron chi connectivity index (χ3n) is 6.12. The van der Waals surface area contributed by atoms with Crippen LogP contribution in [0.4, 0.5) is 0 Å². The van der Waals surface area contributed by atoms with Crippen molar-refractivity contribution < 1.29 is 4.79 Å². The van der Waals surface area contributed by atoms with Crippen molar-refractivity contribution in [2.45, 2.75) is 45.2 Å². The number of hydrogen-bond donors (Lipinski definition) is 1. The van der Waals surface area contributed by atoms with Crippen LogP contribution in [-0.4, -0.2) is 40.0 Å². The molecule has 1 saturated heterocycles. The number of carbonyl (C=O) groups is 1. The first-order chi connectivity index (χ1) is 15.1.